The van der Waals surface area contributed by atoms with Crippen molar-refractivity contribution in [3.63, 3.8) is 0 Å². The van der Waals surface area contributed by atoms with Gasteiger partial charge in [-0.1, -0.05) is 19.4 Å². The van der Waals surface area contributed by atoms with Crippen LogP contribution in [-0.4, -0.2) is 0 Å². The average Bonchev–Trinajstić information content (AvgIpc) is 2.01. The van der Waals surface area contributed by atoms with Gasteiger partial charge in [0, 0.05) is 23.3 Å². The Balaban J connectivity index is 0.00000169. The second kappa shape index (κ2) is 5.14. The largest absolute Gasteiger partial charge is 1.00 e. The number of hydrogen-bond acceptors (Lipinski definition) is 0. The third-order valence-electron chi connectivity index (χ3n) is 1.66. The fourth-order valence-corrected chi connectivity index (χ4v) is 1.05. The van der Waals surface area contributed by atoms with Crippen LogP contribution >= 0.6 is 0 Å². The Hall–Kier alpha value is -0.0600. The molecule has 0 atom stereocenters. The van der Waals surface area contributed by atoms with Crippen molar-refractivity contribution >= 4 is 0 Å². The average molecular weight is 214 g/mol. The van der Waals surface area contributed by atoms with Crippen molar-refractivity contribution in [1.29, 1.82) is 0 Å². The number of hydrogen-bond donors (Lipinski definition) is 0. The maximum atomic E-state index is 12.9. The Morgan fingerprint density at radius 1 is 0.929 bits per heavy atom. The van der Waals surface area contributed by atoms with Gasteiger partial charge in [-0.2, -0.15) is 0 Å². The maximum Gasteiger partial charge on any atom is 1.00 e. The maximum absolute atomic E-state index is 12.9. The first-order chi connectivity index (χ1) is 5.95. The van der Waals surface area contributed by atoms with E-state index in [2.05, 4.69) is 0 Å². The Kier molecular flexibility index (Phi) is 5.12. The Bertz CT molecular complexity index is 310. The minimum absolute atomic E-state index is 0. The van der Waals surface area contributed by atoms with Crippen molar-refractivity contribution in [2.75, 3.05) is 0 Å². The van der Waals surface area contributed by atoms with Crippen LogP contribution in [0.25, 0.3) is 0 Å². The fraction of sp³-hybridized carbons (Fsp3) is 0.333. The summed E-state index contributed by atoms with van der Waals surface area (Å²) >= 11 is 0. The van der Waals surface area contributed by atoms with Gasteiger partial charge in [-0.15, -0.1) is 6.07 Å². The van der Waals surface area contributed by atoms with E-state index in [1.165, 1.54) is 19.9 Å². The minimum atomic E-state index is -1.48. The number of rotatable bonds is 1. The zero-order chi connectivity index (χ0) is 10.2. The second-order valence-electron chi connectivity index (χ2n) is 2.95. The molecule has 0 saturated heterocycles. The fourth-order valence-electron chi connectivity index (χ4n) is 1.05. The van der Waals surface area contributed by atoms with Gasteiger partial charge in [0.15, 0.2) is 0 Å². The van der Waals surface area contributed by atoms with Crippen LogP contribution in [0.3, 0.4) is 0 Å². The summed E-state index contributed by atoms with van der Waals surface area (Å²) < 4.78 is 50.8. The van der Waals surface area contributed by atoms with Gasteiger partial charge in [0.1, 0.15) is 0 Å². The van der Waals surface area contributed by atoms with Crippen LogP contribution in [-0.2, 0) is 0 Å². The predicted molar refractivity (Wildman–Crippen MR) is 39.2 cm³/mol. The SMILES string of the molecule is CC(C)c1c(F)c(F)[c-]c(F)c1F.[Na+]. The molecule has 0 aliphatic heterocycles. The van der Waals surface area contributed by atoms with Gasteiger partial charge in [-0.3, -0.25) is 8.78 Å². The summed E-state index contributed by atoms with van der Waals surface area (Å²) in [7, 11) is 0. The van der Waals surface area contributed by atoms with Gasteiger partial charge >= 0.3 is 29.6 Å². The van der Waals surface area contributed by atoms with Crippen LogP contribution in [0.5, 0.6) is 0 Å². The van der Waals surface area contributed by atoms with Crippen molar-refractivity contribution in [3.05, 3.63) is 34.9 Å². The summed E-state index contributed by atoms with van der Waals surface area (Å²) in [5.41, 5.74) is -0.575. The minimum Gasteiger partial charge on any atom is -0.281 e. The molecule has 1 rings (SSSR count). The second-order valence-corrected chi connectivity index (χ2v) is 2.95. The van der Waals surface area contributed by atoms with Crippen LogP contribution in [0.15, 0.2) is 0 Å². The van der Waals surface area contributed by atoms with Crippen LogP contribution in [0.2, 0.25) is 0 Å². The molecule has 0 aromatic heterocycles. The van der Waals surface area contributed by atoms with E-state index in [0.717, 1.165) is 0 Å². The molecule has 5 heteroatoms. The molecule has 0 fully saturated rings. The monoisotopic (exact) mass is 214 g/mol. The topological polar surface area (TPSA) is 0 Å². The van der Waals surface area contributed by atoms with Crippen molar-refractivity contribution in [1.82, 2.24) is 0 Å². The molecule has 0 unspecified atom stereocenters. The predicted octanol–water partition coefficient (Wildman–Crippen LogP) is 0.171. The van der Waals surface area contributed by atoms with E-state index in [4.69, 9.17) is 0 Å². The first-order valence-corrected chi connectivity index (χ1v) is 3.70. The van der Waals surface area contributed by atoms with Crippen molar-refractivity contribution < 1.29 is 47.1 Å². The van der Waals surface area contributed by atoms with Gasteiger partial charge < -0.3 is 0 Å². The standard InChI is InChI=1S/C9H7F4.Na/c1-4(2)7-8(12)5(10)3-6(11)9(7)13;/h4H,1-2H3;/q-1;+1. The molecule has 0 amide bonds. The molecule has 0 bridgehead atoms. The van der Waals surface area contributed by atoms with E-state index in [1.807, 2.05) is 0 Å². The first-order valence-electron chi connectivity index (χ1n) is 3.70. The molecule has 0 nitrogen and oxygen atoms in total. The summed E-state index contributed by atoms with van der Waals surface area (Å²) in [4.78, 5) is 0. The molecular weight excluding hydrogens is 207 g/mol. The summed E-state index contributed by atoms with van der Waals surface area (Å²) in [6.45, 7) is 2.89. The van der Waals surface area contributed by atoms with Crippen molar-refractivity contribution in [3.8, 4) is 0 Å². The van der Waals surface area contributed by atoms with Gasteiger partial charge in [0.2, 0.25) is 0 Å². The smallest absolute Gasteiger partial charge is 0.281 e. The van der Waals surface area contributed by atoms with Crippen molar-refractivity contribution in [2.45, 2.75) is 19.8 Å². The first kappa shape index (κ1) is 13.9. The summed E-state index contributed by atoms with van der Waals surface area (Å²) in [5.74, 6) is -6.31. The molecule has 0 radical (unpaired) electrons. The molecule has 72 valence electrons. The molecule has 0 aliphatic rings. The van der Waals surface area contributed by atoms with Gasteiger partial charge in [-0.05, 0) is 5.92 Å². The molecule has 1 aromatic carbocycles. The summed E-state index contributed by atoms with van der Waals surface area (Å²) in [6.07, 6.45) is 0. The van der Waals surface area contributed by atoms with Gasteiger partial charge in [0.25, 0.3) is 0 Å². The zero-order valence-corrected chi connectivity index (χ0v) is 10.1. The van der Waals surface area contributed by atoms with Crippen LogP contribution in [0, 0.1) is 29.3 Å². The molecule has 1 aromatic rings. The Morgan fingerprint density at radius 3 is 1.57 bits per heavy atom. The summed E-state index contributed by atoms with van der Waals surface area (Å²) in [5, 5.41) is 0. The van der Waals surface area contributed by atoms with E-state index < -0.39 is 34.8 Å². The zero-order valence-electron chi connectivity index (χ0n) is 8.09. The molecule has 0 N–H and O–H groups in total. The summed E-state index contributed by atoms with van der Waals surface area (Å²) in [6, 6.07) is 1.32. The van der Waals surface area contributed by atoms with E-state index in [0.29, 0.717) is 0 Å². The molecule has 0 spiro atoms. The molecule has 0 saturated carbocycles. The van der Waals surface area contributed by atoms with E-state index in [9.17, 15) is 17.6 Å². The Labute approximate surface area is 102 Å². The third-order valence-corrected chi connectivity index (χ3v) is 1.66. The van der Waals surface area contributed by atoms with E-state index in [-0.39, 0.29) is 29.6 Å². The van der Waals surface area contributed by atoms with Gasteiger partial charge in [-0.25, -0.2) is 8.78 Å². The molecule has 14 heavy (non-hydrogen) atoms. The Morgan fingerprint density at radius 2 is 1.29 bits per heavy atom. The van der Waals surface area contributed by atoms with Crippen molar-refractivity contribution in [2.24, 2.45) is 0 Å². The van der Waals surface area contributed by atoms with E-state index >= 15 is 0 Å². The van der Waals surface area contributed by atoms with Crippen LogP contribution in [0.1, 0.15) is 25.3 Å². The van der Waals surface area contributed by atoms with Crippen LogP contribution < -0.4 is 29.6 Å². The van der Waals surface area contributed by atoms with Crippen LogP contribution in [0.4, 0.5) is 17.6 Å². The quantitative estimate of drug-likeness (QED) is 0.270. The molecule has 0 aliphatic carbocycles. The number of benzene rings is 1. The number of halogens is 4. The molecular formula is C9H7F4Na. The van der Waals surface area contributed by atoms with E-state index in [1.54, 1.807) is 0 Å². The molecule has 0 heterocycles. The normalized spacial score (nSPS) is 10.2. The van der Waals surface area contributed by atoms with Gasteiger partial charge in [0.05, 0.1) is 0 Å². The third kappa shape index (κ3) is 2.49.